The van der Waals surface area contributed by atoms with Gasteiger partial charge in [-0.05, 0) is 38.3 Å². The van der Waals surface area contributed by atoms with E-state index in [1.165, 1.54) is 16.7 Å². The van der Waals surface area contributed by atoms with Gasteiger partial charge in [-0.15, -0.1) is 0 Å². The molecule has 0 heterocycles. The van der Waals surface area contributed by atoms with Gasteiger partial charge in [0, 0.05) is 0 Å². The van der Waals surface area contributed by atoms with Crippen molar-refractivity contribution in [1.29, 1.82) is 0 Å². The Labute approximate surface area is 62.1 Å². The molecule has 1 atom stereocenters. The van der Waals surface area contributed by atoms with Crippen molar-refractivity contribution in [2.75, 3.05) is 0 Å². The highest BCUT2D eigenvalue weighted by molar-refractivity contribution is 5.38. The molecule has 1 N–H and O–H groups in total. The summed E-state index contributed by atoms with van der Waals surface area (Å²) in [7, 11) is 0. The first-order chi connectivity index (χ1) is 4.61. The molecule has 0 aromatic rings. The Kier molecular flexibility index (Phi) is 1.95. The molecular weight excluding hydrogens is 124 g/mol. The summed E-state index contributed by atoms with van der Waals surface area (Å²) in [6, 6.07) is 0. The molecule has 0 bridgehead atoms. The van der Waals surface area contributed by atoms with Gasteiger partial charge in [0.05, 0.1) is 6.10 Å². The number of hydrogen-bond donors (Lipinski definition) is 1. The predicted molar refractivity (Wildman–Crippen MR) is 42.8 cm³/mol. The first-order valence-electron chi connectivity index (χ1n) is 3.66. The fourth-order valence-corrected chi connectivity index (χ4v) is 1.43. The van der Waals surface area contributed by atoms with Crippen molar-refractivity contribution in [3.63, 3.8) is 0 Å². The van der Waals surface area contributed by atoms with E-state index in [4.69, 9.17) is 0 Å². The van der Waals surface area contributed by atoms with Gasteiger partial charge in [0.1, 0.15) is 0 Å². The van der Waals surface area contributed by atoms with Crippen LogP contribution >= 0.6 is 0 Å². The fourth-order valence-electron chi connectivity index (χ4n) is 1.43. The highest BCUT2D eigenvalue weighted by atomic mass is 16.3. The third-order valence-electron chi connectivity index (χ3n) is 1.94. The summed E-state index contributed by atoms with van der Waals surface area (Å²) in [5, 5.41) is 9.25. The van der Waals surface area contributed by atoms with Crippen molar-refractivity contribution in [2.24, 2.45) is 0 Å². The van der Waals surface area contributed by atoms with Crippen molar-refractivity contribution in [3.8, 4) is 0 Å². The van der Waals surface area contributed by atoms with Crippen LogP contribution in [0.25, 0.3) is 0 Å². The minimum absolute atomic E-state index is 0.270. The smallest absolute Gasteiger partial charge is 0.0730 e. The number of allylic oxidation sites excluding steroid dienone is 3. The Morgan fingerprint density at radius 3 is 2.30 bits per heavy atom. The summed E-state index contributed by atoms with van der Waals surface area (Å²) in [4.78, 5) is 0. The van der Waals surface area contributed by atoms with Crippen LogP contribution in [0.1, 0.15) is 27.2 Å². The third-order valence-corrected chi connectivity index (χ3v) is 1.94. The average molecular weight is 138 g/mol. The van der Waals surface area contributed by atoms with Gasteiger partial charge in [-0.3, -0.25) is 0 Å². The summed E-state index contributed by atoms with van der Waals surface area (Å²) < 4.78 is 0. The Morgan fingerprint density at radius 2 is 2.10 bits per heavy atom. The summed E-state index contributed by atoms with van der Waals surface area (Å²) in [5.41, 5.74) is 3.78. The molecule has 1 nitrogen and oxygen atoms in total. The Hall–Kier alpha value is -0.560. The second-order valence-corrected chi connectivity index (χ2v) is 3.05. The topological polar surface area (TPSA) is 20.2 Å². The molecule has 1 aliphatic rings. The van der Waals surface area contributed by atoms with Gasteiger partial charge >= 0.3 is 0 Å². The maximum atomic E-state index is 9.25. The van der Waals surface area contributed by atoms with Gasteiger partial charge in [0.15, 0.2) is 0 Å². The molecule has 0 aliphatic heterocycles. The number of hydrogen-bond acceptors (Lipinski definition) is 1. The van der Waals surface area contributed by atoms with E-state index in [2.05, 4.69) is 19.9 Å². The van der Waals surface area contributed by atoms with Gasteiger partial charge in [0.25, 0.3) is 0 Å². The van der Waals surface area contributed by atoms with Gasteiger partial charge < -0.3 is 5.11 Å². The van der Waals surface area contributed by atoms with Crippen molar-refractivity contribution in [1.82, 2.24) is 0 Å². The maximum absolute atomic E-state index is 9.25. The Morgan fingerprint density at radius 1 is 1.50 bits per heavy atom. The minimum Gasteiger partial charge on any atom is -0.389 e. The molecule has 56 valence electrons. The molecule has 0 amide bonds. The molecule has 0 radical (unpaired) electrons. The van der Waals surface area contributed by atoms with Crippen LogP contribution in [0, 0.1) is 0 Å². The van der Waals surface area contributed by atoms with Crippen LogP contribution < -0.4 is 0 Å². The quantitative estimate of drug-likeness (QED) is 0.588. The van der Waals surface area contributed by atoms with Gasteiger partial charge in [-0.25, -0.2) is 0 Å². The zero-order chi connectivity index (χ0) is 7.72. The van der Waals surface area contributed by atoms with Crippen LogP contribution in [0.4, 0.5) is 0 Å². The second kappa shape index (κ2) is 2.59. The predicted octanol–water partition coefficient (Wildman–Crippen LogP) is 2.03. The number of aliphatic hydroxyl groups is 1. The molecular formula is C9H14O. The Bertz CT molecular complexity index is 197. The van der Waals surface area contributed by atoms with Crippen molar-refractivity contribution in [3.05, 3.63) is 22.8 Å². The van der Waals surface area contributed by atoms with Crippen molar-refractivity contribution in [2.45, 2.75) is 33.3 Å². The standard InChI is InChI=1S/C9H14O/c1-6-4-7(2)9(5-6)8(3)10/h4,8,10H,5H2,1-3H3. The van der Waals surface area contributed by atoms with Crippen LogP contribution in [0.2, 0.25) is 0 Å². The molecule has 0 aromatic carbocycles. The molecule has 0 aromatic heterocycles. The summed E-state index contributed by atoms with van der Waals surface area (Å²) in [5.74, 6) is 0. The van der Waals surface area contributed by atoms with Crippen LogP contribution in [0.5, 0.6) is 0 Å². The van der Waals surface area contributed by atoms with E-state index in [9.17, 15) is 5.11 Å². The van der Waals surface area contributed by atoms with Crippen LogP contribution in [0.3, 0.4) is 0 Å². The van der Waals surface area contributed by atoms with Gasteiger partial charge in [0.2, 0.25) is 0 Å². The average Bonchev–Trinajstić information content (AvgIpc) is 2.10. The minimum atomic E-state index is -0.270. The Balaban J connectivity index is 2.76. The summed E-state index contributed by atoms with van der Waals surface area (Å²) in [6.45, 7) is 5.97. The molecule has 1 aliphatic carbocycles. The van der Waals surface area contributed by atoms with Crippen LogP contribution in [-0.4, -0.2) is 11.2 Å². The summed E-state index contributed by atoms with van der Waals surface area (Å²) in [6.07, 6.45) is 2.83. The zero-order valence-corrected chi connectivity index (χ0v) is 6.81. The molecule has 1 heteroatoms. The monoisotopic (exact) mass is 138 g/mol. The van der Waals surface area contributed by atoms with Gasteiger partial charge in [-0.2, -0.15) is 0 Å². The van der Waals surface area contributed by atoms with E-state index in [-0.39, 0.29) is 6.10 Å². The first kappa shape index (κ1) is 7.55. The molecule has 10 heavy (non-hydrogen) atoms. The van der Waals surface area contributed by atoms with Crippen LogP contribution in [-0.2, 0) is 0 Å². The molecule has 0 fully saturated rings. The van der Waals surface area contributed by atoms with E-state index < -0.39 is 0 Å². The third kappa shape index (κ3) is 1.29. The molecule has 1 rings (SSSR count). The van der Waals surface area contributed by atoms with E-state index >= 15 is 0 Å². The molecule has 0 saturated heterocycles. The number of aliphatic hydroxyl groups excluding tert-OH is 1. The second-order valence-electron chi connectivity index (χ2n) is 3.05. The van der Waals surface area contributed by atoms with Gasteiger partial charge in [-0.1, -0.05) is 11.6 Å². The maximum Gasteiger partial charge on any atom is 0.0730 e. The highest BCUT2D eigenvalue weighted by Gasteiger charge is 2.13. The first-order valence-corrected chi connectivity index (χ1v) is 3.66. The van der Waals surface area contributed by atoms with E-state index in [1.54, 1.807) is 0 Å². The number of rotatable bonds is 1. The molecule has 1 unspecified atom stereocenters. The van der Waals surface area contributed by atoms with Crippen LogP contribution in [0.15, 0.2) is 22.8 Å². The lowest BCUT2D eigenvalue weighted by atomic mass is 10.1. The lowest BCUT2D eigenvalue weighted by Gasteiger charge is -2.06. The normalized spacial score (nSPS) is 21.4. The fraction of sp³-hybridized carbons (Fsp3) is 0.556. The zero-order valence-electron chi connectivity index (χ0n) is 6.81. The highest BCUT2D eigenvalue weighted by Crippen LogP contribution is 2.26. The molecule has 0 spiro atoms. The van der Waals surface area contributed by atoms with E-state index in [1.807, 2.05) is 6.92 Å². The lowest BCUT2D eigenvalue weighted by Crippen LogP contribution is -2.03. The van der Waals surface area contributed by atoms with Crippen molar-refractivity contribution >= 4 is 0 Å². The van der Waals surface area contributed by atoms with Crippen molar-refractivity contribution < 1.29 is 5.11 Å². The SMILES string of the molecule is CC1=CC(C)=C(C(C)O)C1. The van der Waals surface area contributed by atoms with E-state index in [0.717, 1.165) is 6.42 Å². The largest absolute Gasteiger partial charge is 0.389 e. The lowest BCUT2D eigenvalue weighted by molar-refractivity contribution is 0.228. The summed E-state index contributed by atoms with van der Waals surface area (Å²) >= 11 is 0. The van der Waals surface area contributed by atoms with E-state index in [0.29, 0.717) is 0 Å². The molecule has 0 saturated carbocycles.